The third-order valence-corrected chi connectivity index (χ3v) is 3.31. The second-order valence-corrected chi connectivity index (χ2v) is 5.06. The fraction of sp³-hybridized carbons (Fsp3) is 0.200. The summed E-state index contributed by atoms with van der Waals surface area (Å²) in [5, 5.41) is 12.2. The van der Waals surface area contributed by atoms with Gasteiger partial charge in [0, 0.05) is 18.8 Å². The van der Waals surface area contributed by atoms with E-state index in [2.05, 4.69) is 5.32 Å². The Morgan fingerprint density at radius 1 is 1.32 bits per heavy atom. The Kier molecular flexibility index (Phi) is 5.30. The van der Waals surface area contributed by atoms with Crippen LogP contribution in [0, 0.1) is 5.82 Å². The molecule has 1 heterocycles. The first-order valence-electron chi connectivity index (χ1n) is 6.55. The number of nitrogens with zero attached hydrogens (tertiary/aromatic N) is 1. The molecule has 7 heteroatoms. The molecule has 2 N–H and O–H groups in total. The Morgan fingerprint density at radius 3 is 2.77 bits per heavy atom. The lowest BCUT2D eigenvalue weighted by atomic mass is 10.2. The number of amides is 1. The van der Waals surface area contributed by atoms with Gasteiger partial charge in [0.05, 0.1) is 23.2 Å². The Bertz CT molecular complexity index is 712. The molecule has 2 rings (SSSR count). The smallest absolute Gasteiger partial charge is 0.255 e. The van der Waals surface area contributed by atoms with Gasteiger partial charge in [-0.15, -0.1) is 0 Å². The number of benzene rings is 1. The van der Waals surface area contributed by atoms with Gasteiger partial charge in [-0.3, -0.25) is 9.59 Å². The van der Waals surface area contributed by atoms with Crippen molar-refractivity contribution in [3.8, 4) is 0 Å². The zero-order valence-electron chi connectivity index (χ0n) is 11.5. The molecule has 0 radical (unpaired) electrons. The quantitative estimate of drug-likeness (QED) is 0.874. The van der Waals surface area contributed by atoms with Gasteiger partial charge in [-0.25, -0.2) is 4.39 Å². The van der Waals surface area contributed by atoms with Crippen LogP contribution in [0.1, 0.15) is 10.4 Å². The lowest BCUT2D eigenvalue weighted by molar-refractivity contribution is 0.0899. The van der Waals surface area contributed by atoms with Crippen LogP contribution in [0.3, 0.4) is 0 Å². The van der Waals surface area contributed by atoms with Gasteiger partial charge in [0.15, 0.2) is 0 Å². The molecule has 116 valence electrons. The monoisotopic (exact) mass is 324 g/mol. The van der Waals surface area contributed by atoms with Crippen LogP contribution in [0.15, 0.2) is 47.4 Å². The van der Waals surface area contributed by atoms with Gasteiger partial charge < -0.3 is 15.0 Å². The van der Waals surface area contributed by atoms with Crippen molar-refractivity contribution >= 4 is 17.5 Å². The van der Waals surface area contributed by atoms with Crippen molar-refractivity contribution in [2.24, 2.45) is 0 Å². The Labute approximate surface area is 131 Å². The van der Waals surface area contributed by atoms with E-state index in [9.17, 15) is 19.1 Å². The van der Waals surface area contributed by atoms with Crippen molar-refractivity contribution in [1.82, 2.24) is 9.88 Å². The van der Waals surface area contributed by atoms with Crippen LogP contribution in [0.25, 0.3) is 0 Å². The maximum absolute atomic E-state index is 13.6. The molecule has 0 spiro atoms. The summed E-state index contributed by atoms with van der Waals surface area (Å²) < 4.78 is 14.9. The zero-order valence-corrected chi connectivity index (χ0v) is 12.3. The molecule has 1 amide bonds. The summed E-state index contributed by atoms with van der Waals surface area (Å²) in [6, 6.07) is 8.54. The number of aliphatic hydroxyl groups excluding tert-OH is 1. The van der Waals surface area contributed by atoms with Crippen LogP contribution < -0.4 is 10.9 Å². The molecular formula is C15H14ClFN2O3. The van der Waals surface area contributed by atoms with Crippen LogP contribution in [-0.2, 0) is 6.54 Å². The summed E-state index contributed by atoms with van der Waals surface area (Å²) in [5.74, 6) is -1.46. The topological polar surface area (TPSA) is 71.3 Å². The molecule has 0 bridgehead atoms. The van der Waals surface area contributed by atoms with Crippen molar-refractivity contribution in [2.75, 3.05) is 6.54 Å². The SMILES string of the molecule is O=C(NC[C@@H](O)Cn1ccccc1=O)c1c(F)cccc1Cl. The van der Waals surface area contributed by atoms with Crippen molar-refractivity contribution in [3.63, 3.8) is 0 Å². The summed E-state index contributed by atoms with van der Waals surface area (Å²) in [6.07, 6.45) is 0.538. The number of halogens is 2. The average Bonchev–Trinajstić information content (AvgIpc) is 2.47. The molecule has 1 atom stereocenters. The average molecular weight is 325 g/mol. The fourth-order valence-corrected chi connectivity index (χ4v) is 2.17. The highest BCUT2D eigenvalue weighted by atomic mass is 35.5. The highest BCUT2D eigenvalue weighted by Gasteiger charge is 2.16. The molecule has 1 aromatic heterocycles. The number of hydrogen-bond acceptors (Lipinski definition) is 3. The molecule has 0 saturated heterocycles. The van der Waals surface area contributed by atoms with E-state index in [1.807, 2.05) is 0 Å². The highest BCUT2D eigenvalue weighted by Crippen LogP contribution is 2.18. The molecule has 22 heavy (non-hydrogen) atoms. The van der Waals surface area contributed by atoms with Gasteiger partial charge in [0.25, 0.3) is 11.5 Å². The molecule has 5 nitrogen and oxygen atoms in total. The molecule has 0 fully saturated rings. The van der Waals surface area contributed by atoms with E-state index in [4.69, 9.17) is 11.6 Å². The third-order valence-electron chi connectivity index (χ3n) is 2.99. The van der Waals surface area contributed by atoms with Crippen molar-refractivity contribution in [1.29, 1.82) is 0 Å². The number of aromatic nitrogens is 1. The minimum Gasteiger partial charge on any atom is -0.389 e. The molecule has 2 aromatic rings. The maximum Gasteiger partial charge on any atom is 0.255 e. The number of hydrogen-bond donors (Lipinski definition) is 2. The molecule has 0 unspecified atom stereocenters. The van der Waals surface area contributed by atoms with Crippen LogP contribution in [0.2, 0.25) is 5.02 Å². The van der Waals surface area contributed by atoms with Gasteiger partial charge in [-0.2, -0.15) is 0 Å². The maximum atomic E-state index is 13.6. The number of pyridine rings is 1. The summed E-state index contributed by atoms with van der Waals surface area (Å²) in [7, 11) is 0. The van der Waals surface area contributed by atoms with Crippen LogP contribution >= 0.6 is 11.6 Å². The summed E-state index contributed by atoms with van der Waals surface area (Å²) in [6.45, 7) is -0.115. The first-order valence-corrected chi connectivity index (χ1v) is 6.92. The van der Waals surface area contributed by atoms with E-state index in [-0.39, 0.29) is 29.2 Å². The van der Waals surface area contributed by atoms with Crippen LogP contribution in [0.5, 0.6) is 0 Å². The minimum absolute atomic E-state index is 0.00808. The molecular weight excluding hydrogens is 311 g/mol. The van der Waals surface area contributed by atoms with Gasteiger partial charge in [0.1, 0.15) is 5.82 Å². The highest BCUT2D eigenvalue weighted by molar-refractivity contribution is 6.33. The minimum atomic E-state index is -0.991. The Hall–Kier alpha value is -2.18. The fourth-order valence-electron chi connectivity index (χ4n) is 1.92. The number of carbonyl (C=O) groups is 1. The largest absolute Gasteiger partial charge is 0.389 e. The van der Waals surface area contributed by atoms with E-state index < -0.39 is 17.8 Å². The standard InChI is InChI=1S/C15H14ClFN2O3/c16-11-4-3-5-12(17)14(11)15(22)18-8-10(20)9-19-7-2-1-6-13(19)21/h1-7,10,20H,8-9H2,(H,18,22)/t10-/m1/s1. The summed E-state index contributed by atoms with van der Waals surface area (Å²) >= 11 is 5.78. The second kappa shape index (κ2) is 7.20. The molecule has 0 aliphatic heterocycles. The summed E-state index contributed by atoms with van der Waals surface area (Å²) in [4.78, 5) is 23.4. The zero-order chi connectivity index (χ0) is 16.1. The third kappa shape index (κ3) is 3.93. The number of rotatable bonds is 5. The van der Waals surface area contributed by atoms with Crippen molar-refractivity contribution in [2.45, 2.75) is 12.6 Å². The van der Waals surface area contributed by atoms with Crippen molar-refractivity contribution < 1.29 is 14.3 Å². The van der Waals surface area contributed by atoms with E-state index in [0.29, 0.717) is 0 Å². The van der Waals surface area contributed by atoms with Gasteiger partial charge >= 0.3 is 0 Å². The van der Waals surface area contributed by atoms with Crippen LogP contribution in [0.4, 0.5) is 4.39 Å². The summed E-state index contributed by atoms with van der Waals surface area (Å²) in [5.41, 5.74) is -0.529. The van der Waals surface area contributed by atoms with Gasteiger partial charge in [-0.1, -0.05) is 23.7 Å². The van der Waals surface area contributed by atoms with Gasteiger partial charge in [0.2, 0.25) is 0 Å². The molecule has 0 saturated carbocycles. The first kappa shape index (κ1) is 16.2. The first-order chi connectivity index (χ1) is 10.5. The number of carbonyl (C=O) groups excluding carboxylic acids is 1. The molecule has 1 aromatic carbocycles. The van der Waals surface area contributed by atoms with Crippen LogP contribution in [-0.4, -0.2) is 28.2 Å². The number of aliphatic hydroxyl groups is 1. The predicted octanol–water partition coefficient (Wildman–Crippen LogP) is 1.43. The van der Waals surface area contributed by atoms with Gasteiger partial charge in [-0.05, 0) is 18.2 Å². The van der Waals surface area contributed by atoms with E-state index >= 15 is 0 Å². The lowest BCUT2D eigenvalue weighted by Gasteiger charge is -2.14. The molecule has 0 aliphatic carbocycles. The normalized spacial score (nSPS) is 12.0. The van der Waals surface area contributed by atoms with E-state index in [0.717, 1.165) is 6.07 Å². The van der Waals surface area contributed by atoms with Crippen molar-refractivity contribution in [3.05, 3.63) is 69.4 Å². The van der Waals surface area contributed by atoms with E-state index in [1.165, 1.54) is 29.0 Å². The number of nitrogens with one attached hydrogen (secondary N) is 1. The Balaban J connectivity index is 1.97. The molecule has 0 aliphatic rings. The van der Waals surface area contributed by atoms with E-state index in [1.54, 1.807) is 12.1 Å². The lowest BCUT2D eigenvalue weighted by Crippen LogP contribution is -2.36. The second-order valence-electron chi connectivity index (χ2n) is 4.65. The predicted molar refractivity (Wildman–Crippen MR) is 80.5 cm³/mol. The Morgan fingerprint density at radius 2 is 2.09 bits per heavy atom.